The third-order valence-electron chi connectivity index (χ3n) is 3.15. The molecular formula is C17H18N2O3. The lowest BCUT2D eigenvalue weighted by atomic mass is 10.1. The molecule has 2 aromatic rings. The molecule has 0 aliphatic heterocycles. The summed E-state index contributed by atoms with van der Waals surface area (Å²) >= 11 is 0. The summed E-state index contributed by atoms with van der Waals surface area (Å²) in [7, 11) is 4.94. The van der Waals surface area contributed by atoms with Gasteiger partial charge >= 0.3 is 0 Å². The topological polar surface area (TPSA) is 60.5 Å². The molecule has 1 N–H and O–H groups in total. The predicted octanol–water partition coefficient (Wildman–Crippen LogP) is 3.04. The van der Waals surface area contributed by atoms with Crippen LogP contribution >= 0.6 is 0 Å². The number of allylic oxidation sites excluding steroid dienone is 1. The highest BCUT2D eigenvalue weighted by Crippen LogP contribution is 2.28. The van der Waals surface area contributed by atoms with Gasteiger partial charge < -0.3 is 14.8 Å². The number of carbonyl (C=O) groups excluding carboxylic acids is 1. The van der Waals surface area contributed by atoms with E-state index in [1.54, 1.807) is 51.9 Å². The number of nitrogens with zero attached hydrogens (tertiary/aromatic N) is 1. The van der Waals surface area contributed by atoms with E-state index in [0.29, 0.717) is 17.1 Å². The van der Waals surface area contributed by atoms with Crippen molar-refractivity contribution in [3.63, 3.8) is 0 Å². The Kier molecular flexibility index (Phi) is 5.14. The zero-order valence-electron chi connectivity index (χ0n) is 12.8. The third kappa shape index (κ3) is 3.63. The Balaban J connectivity index is 2.18. The van der Waals surface area contributed by atoms with Crippen molar-refractivity contribution < 1.29 is 14.3 Å². The van der Waals surface area contributed by atoms with E-state index in [4.69, 9.17) is 9.47 Å². The lowest BCUT2D eigenvalue weighted by Crippen LogP contribution is -1.98. The molecule has 0 bridgehead atoms. The van der Waals surface area contributed by atoms with Gasteiger partial charge in [-0.15, -0.1) is 0 Å². The van der Waals surface area contributed by atoms with Gasteiger partial charge in [-0.05, 0) is 29.8 Å². The smallest absolute Gasteiger partial charge is 0.187 e. The van der Waals surface area contributed by atoms with Gasteiger partial charge in [-0.2, -0.15) is 0 Å². The van der Waals surface area contributed by atoms with E-state index < -0.39 is 0 Å². The summed E-state index contributed by atoms with van der Waals surface area (Å²) in [5.41, 5.74) is 2.18. The highest BCUT2D eigenvalue weighted by Gasteiger charge is 2.05. The van der Waals surface area contributed by atoms with Crippen molar-refractivity contribution in [2.24, 2.45) is 0 Å². The minimum Gasteiger partial charge on any atom is -0.493 e. The summed E-state index contributed by atoms with van der Waals surface area (Å²) < 4.78 is 10.4. The maximum absolute atomic E-state index is 12.2. The fourth-order valence-corrected chi connectivity index (χ4v) is 1.94. The van der Waals surface area contributed by atoms with Crippen LogP contribution in [0.2, 0.25) is 0 Å². The maximum atomic E-state index is 12.2. The number of rotatable bonds is 6. The van der Waals surface area contributed by atoms with Crippen LogP contribution in [0.1, 0.15) is 15.9 Å². The Morgan fingerprint density at radius 2 is 1.91 bits per heavy atom. The van der Waals surface area contributed by atoms with E-state index in [1.165, 1.54) is 6.08 Å². The minimum atomic E-state index is -0.112. The lowest BCUT2D eigenvalue weighted by molar-refractivity contribution is 0.104. The summed E-state index contributed by atoms with van der Waals surface area (Å²) in [5, 5.41) is 2.95. The van der Waals surface area contributed by atoms with Crippen LogP contribution in [0.4, 0.5) is 5.69 Å². The second-order valence-corrected chi connectivity index (χ2v) is 4.52. The normalized spacial score (nSPS) is 10.5. The highest BCUT2D eigenvalue weighted by molar-refractivity contribution is 6.07. The Labute approximate surface area is 129 Å². The highest BCUT2D eigenvalue weighted by atomic mass is 16.5. The number of hydrogen-bond acceptors (Lipinski definition) is 5. The molecule has 22 heavy (non-hydrogen) atoms. The monoisotopic (exact) mass is 298 g/mol. The van der Waals surface area contributed by atoms with Crippen molar-refractivity contribution in [3.8, 4) is 11.5 Å². The average molecular weight is 298 g/mol. The SMILES string of the molecule is CNc1cncc(C(=O)/C=C/c2ccc(OC)c(OC)c2)c1. The van der Waals surface area contributed by atoms with E-state index in [-0.39, 0.29) is 5.78 Å². The van der Waals surface area contributed by atoms with Crippen LogP contribution in [0.15, 0.2) is 42.7 Å². The number of methoxy groups -OCH3 is 2. The molecular weight excluding hydrogens is 280 g/mol. The minimum absolute atomic E-state index is 0.112. The van der Waals surface area contributed by atoms with E-state index in [2.05, 4.69) is 10.3 Å². The van der Waals surface area contributed by atoms with E-state index in [9.17, 15) is 4.79 Å². The first-order valence-electron chi connectivity index (χ1n) is 6.75. The second-order valence-electron chi connectivity index (χ2n) is 4.52. The lowest BCUT2D eigenvalue weighted by Gasteiger charge is -2.07. The van der Waals surface area contributed by atoms with Crippen LogP contribution in [0.5, 0.6) is 11.5 Å². The van der Waals surface area contributed by atoms with Crippen LogP contribution in [0.3, 0.4) is 0 Å². The Hall–Kier alpha value is -2.82. The van der Waals surface area contributed by atoms with Crippen molar-refractivity contribution in [2.45, 2.75) is 0 Å². The number of ether oxygens (including phenoxy) is 2. The van der Waals surface area contributed by atoms with Crippen LogP contribution in [-0.4, -0.2) is 32.0 Å². The summed E-state index contributed by atoms with van der Waals surface area (Å²) in [4.78, 5) is 16.2. The van der Waals surface area contributed by atoms with Gasteiger partial charge in [-0.3, -0.25) is 9.78 Å². The molecule has 1 heterocycles. The van der Waals surface area contributed by atoms with Gasteiger partial charge in [-0.1, -0.05) is 12.1 Å². The van der Waals surface area contributed by atoms with Crippen LogP contribution < -0.4 is 14.8 Å². The first kappa shape index (κ1) is 15.6. The van der Waals surface area contributed by atoms with Crippen molar-refractivity contribution in [3.05, 3.63) is 53.9 Å². The molecule has 0 spiro atoms. The number of carbonyl (C=O) groups is 1. The quantitative estimate of drug-likeness (QED) is 0.656. The number of pyridine rings is 1. The molecule has 0 atom stereocenters. The molecule has 5 nitrogen and oxygen atoms in total. The molecule has 0 aliphatic rings. The molecule has 0 radical (unpaired) electrons. The fourth-order valence-electron chi connectivity index (χ4n) is 1.94. The Morgan fingerprint density at radius 1 is 1.14 bits per heavy atom. The van der Waals surface area contributed by atoms with Gasteiger partial charge in [0.2, 0.25) is 0 Å². The third-order valence-corrected chi connectivity index (χ3v) is 3.15. The molecule has 0 saturated carbocycles. The van der Waals surface area contributed by atoms with E-state index in [1.807, 2.05) is 12.1 Å². The second kappa shape index (κ2) is 7.26. The number of hydrogen-bond donors (Lipinski definition) is 1. The summed E-state index contributed by atoms with van der Waals surface area (Å²) in [6, 6.07) is 7.22. The first-order valence-corrected chi connectivity index (χ1v) is 6.75. The maximum Gasteiger partial charge on any atom is 0.187 e. The van der Waals surface area contributed by atoms with Crippen molar-refractivity contribution in [2.75, 3.05) is 26.6 Å². The van der Waals surface area contributed by atoms with Crippen LogP contribution in [-0.2, 0) is 0 Å². The number of aromatic nitrogens is 1. The summed E-state index contributed by atoms with van der Waals surface area (Å²) in [6.45, 7) is 0. The number of benzene rings is 1. The van der Waals surface area contributed by atoms with Crippen molar-refractivity contribution in [1.82, 2.24) is 4.98 Å². The van der Waals surface area contributed by atoms with Crippen LogP contribution in [0, 0.1) is 0 Å². The summed E-state index contributed by atoms with van der Waals surface area (Å²) in [5.74, 6) is 1.16. The molecule has 0 unspecified atom stereocenters. The Morgan fingerprint density at radius 3 is 2.59 bits per heavy atom. The molecule has 0 fully saturated rings. The summed E-state index contributed by atoms with van der Waals surface area (Å²) in [6.07, 6.45) is 6.45. The van der Waals surface area contributed by atoms with Gasteiger partial charge in [-0.25, -0.2) is 0 Å². The standard InChI is InChI=1S/C17H18N2O3/c1-18-14-9-13(10-19-11-14)15(20)6-4-12-5-7-16(21-2)17(8-12)22-3/h4-11,18H,1-3H3/b6-4+. The molecule has 1 aromatic heterocycles. The molecule has 2 rings (SSSR count). The number of nitrogens with one attached hydrogen (secondary N) is 1. The molecule has 0 saturated heterocycles. The first-order chi connectivity index (χ1) is 10.7. The largest absolute Gasteiger partial charge is 0.493 e. The van der Waals surface area contributed by atoms with Gasteiger partial charge in [0.05, 0.1) is 19.9 Å². The molecule has 0 aliphatic carbocycles. The Bertz CT molecular complexity index is 696. The van der Waals surface area contributed by atoms with E-state index in [0.717, 1.165) is 11.3 Å². The number of anilines is 1. The fraction of sp³-hybridized carbons (Fsp3) is 0.176. The number of ketones is 1. The van der Waals surface area contributed by atoms with Crippen LogP contribution in [0.25, 0.3) is 6.08 Å². The average Bonchev–Trinajstić information content (AvgIpc) is 2.59. The molecule has 0 amide bonds. The van der Waals surface area contributed by atoms with Crippen molar-refractivity contribution in [1.29, 1.82) is 0 Å². The zero-order chi connectivity index (χ0) is 15.9. The van der Waals surface area contributed by atoms with Gasteiger partial charge in [0.25, 0.3) is 0 Å². The zero-order valence-corrected chi connectivity index (χ0v) is 12.8. The predicted molar refractivity (Wildman–Crippen MR) is 86.7 cm³/mol. The van der Waals surface area contributed by atoms with Gasteiger partial charge in [0.1, 0.15) is 0 Å². The van der Waals surface area contributed by atoms with E-state index >= 15 is 0 Å². The molecule has 1 aromatic carbocycles. The molecule has 114 valence electrons. The van der Waals surface area contributed by atoms with Gasteiger partial charge in [0, 0.05) is 25.0 Å². The molecule has 5 heteroatoms. The van der Waals surface area contributed by atoms with Crippen molar-refractivity contribution >= 4 is 17.5 Å². The van der Waals surface area contributed by atoms with Gasteiger partial charge in [0.15, 0.2) is 17.3 Å².